The summed E-state index contributed by atoms with van der Waals surface area (Å²) in [6.45, 7) is 4.44. The SMILES string of the molecule is COC[C@@H]1C[C@H](N(C)C(C)C)CC[C@@H]1NC(=O)CNC(=O)c1cc(OC(F)(F)F)ccc1N. The van der Waals surface area contributed by atoms with E-state index in [0.29, 0.717) is 18.7 Å². The molecule has 0 aromatic heterocycles. The molecule has 2 rings (SSSR count). The number of nitrogens with two attached hydrogens (primary N) is 1. The van der Waals surface area contributed by atoms with Gasteiger partial charge in [0.25, 0.3) is 5.91 Å². The molecule has 0 aliphatic heterocycles. The van der Waals surface area contributed by atoms with Gasteiger partial charge in [-0.05, 0) is 58.4 Å². The summed E-state index contributed by atoms with van der Waals surface area (Å²) in [4.78, 5) is 27.2. The van der Waals surface area contributed by atoms with Gasteiger partial charge in [0, 0.05) is 36.8 Å². The number of hydrogen-bond acceptors (Lipinski definition) is 6. The van der Waals surface area contributed by atoms with Crippen LogP contribution >= 0.6 is 0 Å². The normalized spacial score (nSPS) is 21.2. The summed E-state index contributed by atoms with van der Waals surface area (Å²) >= 11 is 0. The number of nitrogens with one attached hydrogen (secondary N) is 2. The smallest absolute Gasteiger partial charge is 0.406 e. The Morgan fingerprint density at radius 3 is 2.58 bits per heavy atom. The number of methoxy groups -OCH3 is 1. The van der Waals surface area contributed by atoms with Crippen LogP contribution in [0.1, 0.15) is 43.5 Å². The summed E-state index contributed by atoms with van der Waals surface area (Å²) in [5.74, 6) is -1.62. The highest BCUT2D eigenvalue weighted by Gasteiger charge is 2.34. The molecule has 0 bridgehead atoms. The van der Waals surface area contributed by atoms with Gasteiger partial charge in [-0.25, -0.2) is 0 Å². The number of nitrogen functional groups attached to an aromatic ring is 1. The van der Waals surface area contributed by atoms with Gasteiger partial charge in [-0.3, -0.25) is 9.59 Å². The van der Waals surface area contributed by atoms with Crippen molar-refractivity contribution in [3.05, 3.63) is 23.8 Å². The lowest BCUT2D eigenvalue weighted by Crippen LogP contribution is -2.52. The van der Waals surface area contributed by atoms with Gasteiger partial charge in [0.05, 0.1) is 18.7 Å². The predicted octanol–water partition coefficient (Wildman–Crippen LogP) is 2.54. The quantitative estimate of drug-likeness (QED) is 0.475. The van der Waals surface area contributed by atoms with Crippen molar-refractivity contribution >= 4 is 17.5 Å². The molecule has 1 aliphatic carbocycles. The molecule has 0 unspecified atom stereocenters. The summed E-state index contributed by atoms with van der Waals surface area (Å²) < 4.78 is 46.5. The van der Waals surface area contributed by atoms with E-state index in [-0.39, 0.29) is 29.8 Å². The standard InChI is InChI=1S/C22H33F3N4O4/c1-13(2)29(3)15-5-8-19(14(9-15)12-32-4)28-20(30)11-27-21(31)17-10-16(6-7-18(17)26)33-22(23,24)25/h6-7,10,13-15,19H,5,8-9,11-12,26H2,1-4H3,(H,27,31)(H,28,30)/t14-,15+,19-/m0/s1. The highest BCUT2D eigenvalue weighted by molar-refractivity contribution is 6.01. The minimum absolute atomic E-state index is 0.0322. The number of alkyl halides is 3. The molecule has 1 aliphatic rings. The lowest BCUT2D eigenvalue weighted by atomic mass is 9.81. The van der Waals surface area contributed by atoms with Crippen molar-refractivity contribution in [2.75, 3.05) is 33.0 Å². The van der Waals surface area contributed by atoms with Crippen molar-refractivity contribution in [1.82, 2.24) is 15.5 Å². The number of benzene rings is 1. The maximum atomic E-state index is 12.5. The molecule has 11 heteroatoms. The molecule has 8 nitrogen and oxygen atoms in total. The van der Waals surface area contributed by atoms with Crippen LogP contribution in [0.4, 0.5) is 18.9 Å². The van der Waals surface area contributed by atoms with Crippen LogP contribution < -0.4 is 21.1 Å². The number of rotatable bonds is 9. The minimum Gasteiger partial charge on any atom is -0.406 e. The van der Waals surface area contributed by atoms with Crippen LogP contribution in [-0.2, 0) is 9.53 Å². The first-order valence-corrected chi connectivity index (χ1v) is 10.8. The lowest BCUT2D eigenvalue weighted by molar-refractivity contribution is -0.274. The van der Waals surface area contributed by atoms with Crippen LogP contribution in [0.25, 0.3) is 0 Å². The number of carbonyl (C=O) groups excluding carboxylic acids is 2. The molecule has 4 N–H and O–H groups in total. The zero-order valence-electron chi connectivity index (χ0n) is 19.4. The summed E-state index contributed by atoms with van der Waals surface area (Å²) in [6.07, 6.45) is -2.32. The molecule has 2 amide bonds. The predicted molar refractivity (Wildman–Crippen MR) is 118 cm³/mol. The van der Waals surface area contributed by atoms with Crippen molar-refractivity contribution in [2.45, 2.75) is 57.6 Å². The fraction of sp³-hybridized carbons (Fsp3) is 0.636. The molecule has 1 aromatic rings. The van der Waals surface area contributed by atoms with Crippen molar-refractivity contribution in [3.8, 4) is 5.75 Å². The second-order valence-electron chi connectivity index (χ2n) is 8.60. The van der Waals surface area contributed by atoms with Gasteiger partial charge >= 0.3 is 6.36 Å². The van der Waals surface area contributed by atoms with Gasteiger partial charge in [0.15, 0.2) is 0 Å². The van der Waals surface area contributed by atoms with Crippen LogP contribution in [0.5, 0.6) is 5.75 Å². The van der Waals surface area contributed by atoms with Crippen molar-refractivity contribution in [2.24, 2.45) is 5.92 Å². The number of nitrogens with zero attached hydrogens (tertiary/aromatic N) is 1. The Morgan fingerprint density at radius 1 is 1.27 bits per heavy atom. The van der Waals surface area contributed by atoms with Gasteiger partial charge in [0.1, 0.15) is 5.75 Å². The maximum Gasteiger partial charge on any atom is 0.573 e. The Bertz CT molecular complexity index is 819. The second kappa shape index (κ2) is 11.6. The summed E-state index contributed by atoms with van der Waals surface area (Å²) in [7, 11) is 3.71. The third-order valence-electron chi connectivity index (χ3n) is 5.98. The molecular formula is C22H33F3N4O4. The van der Waals surface area contributed by atoms with E-state index in [9.17, 15) is 22.8 Å². The monoisotopic (exact) mass is 474 g/mol. The molecule has 3 atom stereocenters. The van der Waals surface area contributed by atoms with Gasteiger partial charge in [0.2, 0.25) is 5.91 Å². The molecule has 0 radical (unpaired) electrons. The molecule has 0 heterocycles. The molecule has 1 saturated carbocycles. The van der Waals surface area contributed by atoms with Crippen molar-refractivity contribution in [3.63, 3.8) is 0 Å². The van der Waals surface area contributed by atoms with Crippen LogP contribution in [0.3, 0.4) is 0 Å². The fourth-order valence-corrected chi connectivity index (χ4v) is 4.06. The van der Waals surface area contributed by atoms with Crippen molar-refractivity contribution in [1.29, 1.82) is 0 Å². The Kier molecular flexibility index (Phi) is 9.35. The summed E-state index contributed by atoms with van der Waals surface area (Å²) in [5.41, 5.74) is 5.46. The van der Waals surface area contributed by atoms with E-state index in [2.05, 4.69) is 41.2 Å². The van der Waals surface area contributed by atoms with Gasteiger partial charge in [-0.15, -0.1) is 13.2 Å². The minimum atomic E-state index is -4.90. The van der Waals surface area contributed by atoms with Gasteiger partial charge in [-0.2, -0.15) is 0 Å². The van der Waals surface area contributed by atoms with Gasteiger partial charge in [-0.1, -0.05) is 0 Å². The molecule has 1 aromatic carbocycles. The zero-order valence-corrected chi connectivity index (χ0v) is 19.4. The topological polar surface area (TPSA) is 106 Å². The average molecular weight is 475 g/mol. The molecule has 0 saturated heterocycles. The first-order valence-electron chi connectivity index (χ1n) is 10.8. The highest BCUT2D eigenvalue weighted by Crippen LogP contribution is 2.29. The van der Waals surface area contributed by atoms with E-state index < -0.39 is 23.9 Å². The van der Waals surface area contributed by atoms with E-state index in [1.54, 1.807) is 7.11 Å². The van der Waals surface area contributed by atoms with Crippen LogP contribution in [-0.4, -0.2) is 68.5 Å². The van der Waals surface area contributed by atoms with Crippen LogP contribution in [0, 0.1) is 5.92 Å². The molecule has 1 fully saturated rings. The summed E-state index contributed by atoms with van der Waals surface area (Å²) in [6, 6.07) is 3.74. The fourth-order valence-electron chi connectivity index (χ4n) is 4.06. The number of carbonyl (C=O) groups is 2. The first-order chi connectivity index (χ1) is 15.4. The zero-order chi connectivity index (χ0) is 24.8. The number of halogens is 3. The molecule has 0 spiro atoms. The van der Waals surface area contributed by atoms with Crippen molar-refractivity contribution < 1.29 is 32.2 Å². The number of ether oxygens (including phenoxy) is 2. The number of hydrogen-bond donors (Lipinski definition) is 3. The van der Waals surface area contributed by atoms with Gasteiger partial charge < -0.3 is 30.7 Å². The van der Waals surface area contributed by atoms with E-state index >= 15 is 0 Å². The Balaban J connectivity index is 1.94. The van der Waals surface area contributed by atoms with E-state index in [1.165, 1.54) is 0 Å². The maximum absolute atomic E-state index is 12.5. The van der Waals surface area contributed by atoms with Crippen LogP contribution in [0.15, 0.2) is 18.2 Å². The number of anilines is 1. The second-order valence-corrected chi connectivity index (χ2v) is 8.60. The summed E-state index contributed by atoms with van der Waals surface area (Å²) in [5, 5.41) is 5.35. The molecular weight excluding hydrogens is 441 g/mol. The lowest BCUT2D eigenvalue weighted by Gasteiger charge is -2.41. The highest BCUT2D eigenvalue weighted by atomic mass is 19.4. The third-order valence-corrected chi connectivity index (χ3v) is 5.98. The Morgan fingerprint density at radius 2 is 1.97 bits per heavy atom. The molecule has 33 heavy (non-hydrogen) atoms. The average Bonchev–Trinajstić information content (AvgIpc) is 2.73. The first kappa shape index (κ1) is 26.7. The molecule has 186 valence electrons. The van der Waals surface area contributed by atoms with E-state index in [1.807, 2.05) is 0 Å². The Hall–Kier alpha value is -2.53. The van der Waals surface area contributed by atoms with E-state index in [4.69, 9.17) is 10.5 Å². The number of amides is 2. The Labute approximate surface area is 192 Å². The largest absolute Gasteiger partial charge is 0.573 e. The third kappa shape index (κ3) is 8.08. The van der Waals surface area contributed by atoms with E-state index in [0.717, 1.165) is 37.5 Å². The van der Waals surface area contributed by atoms with Crippen LogP contribution in [0.2, 0.25) is 0 Å².